The van der Waals surface area contributed by atoms with Crippen molar-refractivity contribution in [2.45, 2.75) is 18.9 Å². The van der Waals surface area contributed by atoms with Crippen LogP contribution in [0.4, 0.5) is 5.95 Å². The second-order valence-electron chi connectivity index (χ2n) is 4.20. The Bertz CT molecular complexity index is 512. The van der Waals surface area contributed by atoms with Gasteiger partial charge in [0.15, 0.2) is 0 Å². The fraction of sp³-hybridized carbons (Fsp3) is 0.700. The molecule has 1 fully saturated rings. The summed E-state index contributed by atoms with van der Waals surface area (Å²) in [5.74, 6) is 0.696. The molecule has 106 valence electrons. The average Bonchev–Trinajstić information content (AvgIpc) is 2.40. The highest BCUT2D eigenvalue weighted by Gasteiger charge is 2.24. The van der Waals surface area contributed by atoms with Gasteiger partial charge in [-0.3, -0.25) is 0 Å². The van der Waals surface area contributed by atoms with E-state index in [0.29, 0.717) is 18.8 Å². The first-order valence-electron chi connectivity index (χ1n) is 5.83. The molecule has 1 N–H and O–H groups in total. The number of hydrogen-bond donors (Lipinski definition) is 1. The molecule has 1 aliphatic heterocycles. The average molecular weight is 288 g/mol. The summed E-state index contributed by atoms with van der Waals surface area (Å²) in [4.78, 5) is 12.0. The lowest BCUT2D eigenvalue weighted by Crippen LogP contribution is -2.32. The summed E-state index contributed by atoms with van der Waals surface area (Å²) in [7, 11) is 0.0241. The lowest BCUT2D eigenvalue weighted by atomic mass is 10.2. The minimum absolute atomic E-state index is 0.0281. The van der Waals surface area contributed by atoms with Gasteiger partial charge in [-0.25, -0.2) is 8.42 Å². The van der Waals surface area contributed by atoms with Crippen molar-refractivity contribution in [2.24, 2.45) is 0 Å². The van der Waals surface area contributed by atoms with E-state index in [1.807, 2.05) is 0 Å². The van der Waals surface area contributed by atoms with Crippen LogP contribution in [0.1, 0.15) is 12.8 Å². The number of nitrogens with one attached hydrogen (secondary N) is 1. The SMILES string of the molecule is COc1nc(NC2CCS(=O)(=O)CC2)nc(OC)n1. The lowest BCUT2D eigenvalue weighted by molar-refractivity contribution is 0.340. The molecule has 0 aliphatic carbocycles. The molecular weight excluding hydrogens is 272 g/mol. The standard InChI is InChI=1S/C10H16N4O4S/c1-17-9-12-8(13-10(14-9)18-2)11-7-3-5-19(15,16)6-4-7/h7H,3-6H2,1-2H3,(H,11,12,13,14). The Morgan fingerprint density at radius 2 is 1.58 bits per heavy atom. The summed E-state index contributed by atoms with van der Waals surface area (Å²) in [5, 5.41) is 3.08. The smallest absolute Gasteiger partial charge is 0.324 e. The van der Waals surface area contributed by atoms with Gasteiger partial charge in [-0.1, -0.05) is 0 Å². The Hall–Kier alpha value is -1.64. The number of methoxy groups -OCH3 is 2. The quantitative estimate of drug-likeness (QED) is 0.817. The summed E-state index contributed by atoms with van der Waals surface area (Å²) in [6.45, 7) is 0. The second kappa shape index (κ2) is 5.55. The van der Waals surface area contributed by atoms with Gasteiger partial charge in [0.05, 0.1) is 25.7 Å². The zero-order chi connectivity index (χ0) is 13.9. The van der Waals surface area contributed by atoms with Gasteiger partial charge in [0.2, 0.25) is 5.95 Å². The first-order valence-corrected chi connectivity index (χ1v) is 7.65. The first kappa shape index (κ1) is 13.8. The molecule has 0 radical (unpaired) electrons. The molecule has 0 aromatic carbocycles. The molecule has 0 bridgehead atoms. The van der Waals surface area contributed by atoms with E-state index in [4.69, 9.17) is 9.47 Å². The van der Waals surface area contributed by atoms with Gasteiger partial charge in [0.25, 0.3) is 0 Å². The largest absolute Gasteiger partial charge is 0.467 e. The molecule has 1 aromatic rings. The third kappa shape index (κ3) is 3.66. The van der Waals surface area contributed by atoms with E-state index in [-0.39, 0.29) is 29.6 Å². The van der Waals surface area contributed by atoms with Gasteiger partial charge in [0.1, 0.15) is 9.84 Å². The number of rotatable bonds is 4. The topological polar surface area (TPSA) is 103 Å². The summed E-state index contributed by atoms with van der Waals surface area (Å²) >= 11 is 0. The molecule has 19 heavy (non-hydrogen) atoms. The Balaban J connectivity index is 2.07. The third-order valence-corrected chi connectivity index (χ3v) is 4.56. The second-order valence-corrected chi connectivity index (χ2v) is 6.51. The van der Waals surface area contributed by atoms with Crippen LogP contribution in [-0.4, -0.2) is 55.1 Å². The van der Waals surface area contributed by atoms with E-state index < -0.39 is 9.84 Å². The van der Waals surface area contributed by atoms with Gasteiger partial charge in [0, 0.05) is 6.04 Å². The Labute approximate surface area is 111 Å². The van der Waals surface area contributed by atoms with Crippen LogP contribution in [0.15, 0.2) is 0 Å². The highest BCUT2D eigenvalue weighted by molar-refractivity contribution is 7.91. The van der Waals surface area contributed by atoms with Gasteiger partial charge in [-0.15, -0.1) is 4.98 Å². The number of aromatic nitrogens is 3. The van der Waals surface area contributed by atoms with Crippen molar-refractivity contribution in [3.63, 3.8) is 0 Å². The molecule has 2 rings (SSSR count). The van der Waals surface area contributed by atoms with Crippen LogP contribution in [0.3, 0.4) is 0 Å². The molecule has 9 heteroatoms. The van der Waals surface area contributed by atoms with Crippen molar-refractivity contribution in [3.8, 4) is 12.0 Å². The van der Waals surface area contributed by atoms with Crippen LogP contribution in [0.2, 0.25) is 0 Å². The summed E-state index contributed by atoms with van der Waals surface area (Å²) in [6.07, 6.45) is 1.08. The number of ether oxygens (including phenoxy) is 2. The van der Waals surface area contributed by atoms with Gasteiger partial charge in [-0.2, -0.15) is 9.97 Å². The molecular formula is C10H16N4O4S. The lowest BCUT2D eigenvalue weighted by Gasteiger charge is -2.22. The van der Waals surface area contributed by atoms with Crippen LogP contribution >= 0.6 is 0 Å². The fourth-order valence-corrected chi connectivity index (χ4v) is 3.29. The molecule has 1 saturated heterocycles. The molecule has 2 heterocycles. The van der Waals surface area contributed by atoms with Gasteiger partial charge >= 0.3 is 12.0 Å². The normalized spacial score (nSPS) is 18.8. The molecule has 0 saturated carbocycles. The molecule has 0 unspecified atom stereocenters. The van der Waals surface area contributed by atoms with Crippen LogP contribution in [0.25, 0.3) is 0 Å². The number of sulfone groups is 1. The van der Waals surface area contributed by atoms with Crippen LogP contribution < -0.4 is 14.8 Å². The molecule has 8 nitrogen and oxygen atoms in total. The molecule has 0 spiro atoms. The number of anilines is 1. The minimum atomic E-state index is -2.88. The third-order valence-electron chi connectivity index (χ3n) is 2.85. The van der Waals surface area contributed by atoms with Crippen LogP contribution in [0, 0.1) is 0 Å². The molecule has 0 amide bonds. The van der Waals surface area contributed by atoms with E-state index in [9.17, 15) is 8.42 Å². The highest BCUT2D eigenvalue weighted by atomic mass is 32.2. The zero-order valence-electron chi connectivity index (χ0n) is 10.8. The Morgan fingerprint density at radius 3 is 2.05 bits per heavy atom. The Morgan fingerprint density at radius 1 is 1.05 bits per heavy atom. The maximum Gasteiger partial charge on any atom is 0.324 e. The van der Waals surface area contributed by atoms with E-state index in [1.165, 1.54) is 14.2 Å². The predicted octanol–water partition coefficient (Wildman–Crippen LogP) is -0.122. The number of hydrogen-bond acceptors (Lipinski definition) is 8. The zero-order valence-corrected chi connectivity index (χ0v) is 11.6. The van der Waals surface area contributed by atoms with E-state index in [1.54, 1.807) is 0 Å². The first-order chi connectivity index (χ1) is 9.02. The van der Waals surface area contributed by atoms with Crippen molar-refractivity contribution < 1.29 is 17.9 Å². The molecule has 0 atom stereocenters. The summed E-state index contributed by atoms with van der Waals surface area (Å²) in [6, 6.07) is 0.330. The summed E-state index contributed by atoms with van der Waals surface area (Å²) < 4.78 is 32.6. The van der Waals surface area contributed by atoms with Crippen molar-refractivity contribution in [1.82, 2.24) is 15.0 Å². The maximum absolute atomic E-state index is 11.3. The highest BCUT2D eigenvalue weighted by Crippen LogP contribution is 2.18. The van der Waals surface area contributed by atoms with Gasteiger partial charge in [-0.05, 0) is 12.8 Å². The van der Waals surface area contributed by atoms with E-state index in [2.05, 4.69) is 20.3 Å². The molecule has 1 aromatic heterocycles. The van der Waals surface area contributed by atoms with Crippen LogP contribution in [-0.2, 0) is 9.84 Å². The maximum atomic E-state index is 11.3. The summed E-state index contributed by atoms with van der Waals surface area (Å²) in [5.41, 5.74) is 0. The van der Waals surface area contributed by atoms with Crippen molar-refractivity contribution in [3.05, 3.63) is 0 Å². The van der Waals surface area contributed by atoms with E-state index in [0.717, 1.165) is 0 Å². The van der Waals surface area contributed by atoms with Gasteiger partial charge < -0.3 is 14.8 Å². The van der Waals surface area contributed by atoms with Crippen molar-refractivity contribution >= 4 is 15.8 Å². The minimum Gasteiger partial charge on any atom is -0.467 e. The fourth-order valence-electron chi connectivity index (χ4n) is 1.80. The number of nitrogens with zero attached hydrogens (tertiary/aromatic N) is 3. The van der Waals surface area contributed by atoms with E-state index >= 15 is 0 Å². The molecule has 1 aliphatic rings. The predicted molar refractivity (Wildman–Crippen MR) is 68.2 cm³/mol. The van der Waals surface area contributed by atoms with Crippen molar-refractivity contribution in [2.75, 3.05) is 31.0 Å². The van der Waals surface area contributed by atoms with Crippen LogP contribution in [0.5, 0.6) is 12.0 Å². The Kier molecular flexibility index (Phi) is 4.03. The van der Waals surface area contributed by atoms with Crippen molar-refractivity contribution in [1.29, 1.82) is 0 Å². The monoisotopic (exact) mass is 288 g/mol.